The lowest BCUT2D eigenvalue weighted by Crippen LogP contribution is -2.28. The highest BCUT2D eigenvalue weighted by molar-refractivity contribution is 6.29. The Balaban J connectivity index is 2.37. The quantitative estimate of drug-likeness (QED) is 0.453. The first-order chi connectivity index (χ1) is 7.22. The van der Waals surface area contributed by atoms with E-state index in [-0.39, 0.29) is 12.5 Å². The van der Waals surface area contributed by atoms with E-state index in [2.05, 4.69) is 22.2 Å². The van der Waals surface area contributed by atoms with Crippen molar-refractivity contribution in [3.63, 3.8) is 0 Å². The van der Waals surface area contributed by atoms with Gasteiger partial charge in [-0.05, 0) is 12.1 Å². The highest BCUT2D eigenvalue weighted by Crippen LogP contribution is 2.08. The Morgan fingerprint density at radius 3 is 3.00 bits per heavy atom. The number of nitrogens with zero attached hydrogens (tertiary/aromatic N) is 1. The first-order valence-corrected chi connectivity index (χ1v) is 4.83. The van der Waals surface area contributed by atoms with Crippen LogP contribution in [0.25, 0.3) is 0 Å². The minimum Gasteiger partial charge on any atom is -0.324 e. The average Bonchev–Trinajstić information content (AvgIpc) is 2.22. The van der Waals surface area contributed by atoms with Crippen molar-refractivity contribution in [1.29, 1.82) is 0 Å². The van der Waals surface area contributed by atoms with Gasteiger partial charge in [-0.3, -0.25) is 4.79 Å². The van der Waals surface area contributed by atoms with Crippen LogP contribution in [0, 0.1) is 0 Å². The fourth-order valence-electron chi connectivity index (χ4n) is 0.943. The zero-order valence-corrected chi connectivity index (χ0v) is 8.92. The van der Waals surface area contributed by atoms with Crippen molar-refractivity contribution in [3.05, 3.63) is 36.1 Å². The molecule has 80 valence electrons. The molecule has 1 aromatic heterocycles. The van der Waals surface area contributed by atoms with E-state index in [0.717, 1.165) is 0 Å². The van der Waals surface area contributed by atoms with Crippen LogP contribution < -0.4 is 10.6 Å². The van der Waals surface area contributed by atoms with E-state index in [1.165, 1.54) is 6.20 Å². The third-order valence-electron chi connectivity index (χ3n) is 1.59. The van der Waals surface area contributed by atoms with Gasteiger partial charge in [0.05, 0.1) is 18.4 Å². The highest BCUT2D eigenvalue weighted by Gasteiger charge is 2.00. The molecule has 0 atom stereocenters. The summed E-state index contributed by atoms with van der Waals surface area (Å²) in [4.78, 5) is 15.1. The normalized spacial score (nSPS) is 9.67. The molecule has 0 aromatic carbocycles. The molecule has 0 aliphatic carbocycles. The summed E-state index contributed by atoms with van der Waals surface area (Å²) in [5, 5.41) is 5.96. The molecule has 0 spiro atoms. The van der Waals surface area contributed by atoms with Crippen molar-refractivity contribution in [3.8, 4) is 0 Å². The molecule has 0 aliphatic heterocycles. The molecule has 0 aliphatic rings. The van der Waals surface area contributed by atoms with Crippen LogP contribution in [0.5, 0.6) is 0 Å². The van der Waals surface area contributed by atoms with Gasteiger partial charge in [0.25, 0.3) is 0 Å². The van der Waals surface area contributed by atoms with E-state index >= 15 is 0 Å². The molecule has 0 fully saturated rings. The number of aromatic nitrogens is 1. The third-order valence-corrected chi connectivity index (χ3v) is 1.81. The Kier molecular flexibility index (Phi) is 4.80. The summed E-state index contributed by atoms with van der Waals surface area (Å²) in [7, 11) is 0. The number of rotatable bonds is 5. The Hall–Kier alpha value is -1.39. The molecule has 1 aromatic rings. The van der Waals surface area contributed by atoms with Crippen molar-refractivity contribution < 1.29 is 4.79 Å². The van der Waals surface area contributed by atoms with E-state index in [9.17, 15) is 4.79 Å². The molecule has 15 heavy (non-hydrogen) atoms. The van der Waals surface area contributed by atoms with E-state index in [1.807, 2.05) is 0 Å². The number of anilines is 1. The molecular weight excluding hydrogens is 214 g/mol. The van der Waals surface area contributed by atoms with Crippen molar-refractivity contribution in [2.45, 2.75) is 0 Å². The number of hydrogen-bond acceptors (Lipinski definition) is 3. The van der Waals surface area contributed by atoms with E-state index in [1.54, 1.807) is 18.2 Å². The van der Waals surface area contributed by atoms with Gasteiger partial charge < -0.3 is 10.6 Å². The molecular formula is C10H12ClN3O. The van der Waals surface area contributed by atoms with Gasteiger partial charge in [0.1, 0.15) is 5.15 Å². The second-order valence-electron chi connectivity index (χ2n) is 2.84. The van der Waals surface area contributed by atoms with E-state index in [0.29, 0.717) is 17.4 Å². The molecule has 1 amide bonds. The molecule has 1 rings (SSSR count). The maximum atomic E-state index is 11.3. The van der Waals surface area contributed by atoms with Crippen LogP contribution >= 0.6 is 11.6 Å². The number of pyridine rings is 1. The number of carbonyl (C=O) groups is 1. The van der Waals surface area contributed by atoms with Crippen LogP contribution in [0.2, 0.25) is 5.15 Å². The zero-order chi connectivity index (χ0) is 11.1. The van der Waals surface area contributed by atoms with Gasteiger partial charge in [0.2, 0.25) is 5.91 Å². The number of halogens is 1. The predicted octanol–water partition coefficient (Wildman–Crippen LogP) is 1.45. The van der Waals surface area contributed by atoms with Crippen LogP contribution in [0.3, 0.4) is 0 Å². The maximum absolute atomic E-state index is 11.3. The molecule has 0 saturated heterocycles. The van der Waals surface area contributed by atoms with Crippen LogP contribution in [0.15, 0.2) is 31.0 Å². The minimum absolute atomic E-state index is 0.124. The summed E-state index contributed by atoms with van der Waals surface area (Å²) >= 11 is 5.60. The third kappa shape index (κ3) is 4.58. The summed E-state index contributed by atoms with van der Waals surface area (Å²) in [5.74, 6) is -0.124. The summed E-state index contributed by atoms with van der Waals surface area (Å²) in [6.07, 6.45) is 3.20. The highest BCUT2D eigenvalue weighted by atomic mass is 35.5. The fourth-order valence-corrected chi connectivity index (χ4v) is 1.05. The summed E-state index contributed by atoms with van der Waals surface area (Å²) in [5.41, 5.74) is 0.629. The lowest BCUT2D eigenvalue weighted by molar-refractivity contribution is -0.115. The summed E-state index contributed by atoms with van der Waals surface area (Å²) in [6.45, 7) is 4.38. The van der Waals surface area contributed by atoms with Crippen molar-refractivity contribution in [2.75, 3.05) is 18.4 Å². The SMILES string of the molecule is C=CCNCC(=O)Nc1ccc(Cl)nc1. The first-order valence-electron chi connectivity index (χ1n) is 4.45. The van der Waals surface area contributed by atoms with Crippen LogP contribution in [-0.2, 0) is 4.79 Å². The molecule has 0 saturated carbocycles. The topological polar surface area (TPSA) is 54.0 Å². The standard InChI is InChI=1S/C10H12ClN3O/c1-2-5-12-7-10(15)14-8-3-4-9(11)13-6-8/h2-4,6,12H,1,5,7H2,(H,14,15). The van der Waals surface area contributed by atoms with Crippen molar-refractivity contribution in [1.82, 2.24) is 10.3 Å². The Bertz CT molecular complexity index is 337. The van der Waals surface area contributed by atoms with Crippen molar-refractivity contribution >= 4 is 23.2 Å². The molecule has 0 bridgehead atoms. The second kappa shape index (κ2) is 6.16. The van der Waals surface area contributed by atoms with Gasteiger partial charge in [0, 0.05) is 6.54 Å². The van der Waals surface area contributed by atoms with Crippen LogP contribution in [0.1, 0.15) is 0 Å². The minimum atomic E-state index is -0.124. The predicted molar refractivity (Wildman–Crippen MR) is 60.9 cm³/mol. The number of hydrogen-bond donors (Lipinski definition) is 2. The van der Waals surface area contributed by atoms with Gasteiger partial charge in [-0.2, -0.15) is 0 Å². The van der Waals surface area contributed by atoms with Gasteiger partial charge in [-0.25, -0.2) is 4.98 Å². The van der Waals surface area contributed by atoms with Crippen LogP contribution in [0.4, 0.5) is 5.69 Å². The number of nitrogens with one attached hydrogen (secondary N) is 2. The van der Waals surface area contributed by atoms with Gasteiger partial charge in [-0.1, -0.05) is 17.7 Å². The zero-order valence-electron chi connectivity index (χ0n) is 8.16. The summed E-state index contributed by atoms with van der Waals surface area (Å²) < 4.78 is 0. The molecule has 4 nitrogen and oxygen atoms in total. The number of carbonyl (C=O) groups excluding carboxylic acids is 1. The monoisotopic (exact) mass is 225 g/mol. The van der Waals surface area contributed by atoms with E-state index < -0.39 is 0 Å². The molecule has 1 heterocycles. The second-order valence-corrected chi connectivity index (χ2v) is 3.22. The van der Waals surface area contributed by atoms with Gasteiger partial charge >= 0.3 is 0 Å². The number of amides is 1. The van der Waals surface area contributed by atoms with Gasteiger partial charge in [-0.15, -0.1) is 6.58 Å². The lowest BCUT2D eigenvalue weighted by Gasteiger charge is -2.04. The molecule has 0 unspecified atom stereocenters. The first kappa shape index (κ1) is 11.7. The van der Waals surface area contributed by atoms with Crippen LogP contribution in [-0.4, -0.2) is 24.0 Å². The lowest BCUT2D eigenvalue weighted by atomic mass is 10.4. The largest absolute Gasteiger partial charge is 0.324 e. The Morgan fingerprint density at radius 1 is 1.60 bits per heavy atom. The van der Waals surface area contributed by atoms with Gasteiger partial charge in [0.15, 0.2) is 0 Å². The Labute approximate surface area is 93.4 Å². The fraction of sp³-hybridized carbons (Fsp3) is 0.200. The molecule has 5 heteroatoms. The Morgan fingerprint density at radius 2 is 2.40 bits per heavy atom. The van der Waals surface area contributed by atoms with Crippen molar-refractivity contribution in [2.24, 2.45) is 0 Å². The van der Waals surface area contributed by atoms with E-state index in [4.69, 9.17) is 11.6 Å². The maximum Gasteiger partial charge on any atom is 0.238 e. The summed E-state index contributed by atoms with van der Waals surface area (Å²) in [6, 6.07) is 3.31. The molecule has 0 radical (unpaired) electrons. The smallest absolute Gasteiger partial charge is 0.238 e. The molecule has 2 N–H and O–H groups in total. The average molecular weight is 226 g/mol.